The fraction of sp³-hybridized carbons (Fsp3) is 0.172. The zero-order valence-electron chi connectivity index (χ0n) is 21.5. The molecule has 0 bridgehead atoms. The number of carbonyl (C=O) groups excluding carboxylic acids is 2. The number of benzene rings is 2. The molecule has 3 aromatic heterocycles. The predicted molar refractivity (Wildman–Crippen MR) is 160 cm³/mol. The van der Waals surface area contributed by atoms with Crippen molar-refractivity contribution in [3.8, 4) is 22.3 Å². The van der Waals surface area contributed by atoms with Crippen LogP contribution in [0.25, 0.3) is 32.5 Å². The molecule has 0 atom stereocenters. The van der Waals surface area contributed by atoms with Crippen molar-refractivity contribution in [3.05, 3.63) is 86.3 Å². The zero-order chi connectivity index (χ0) is 27.5. The molecule has 2 N–H and O–H groups in total. The van der Waals surface area contributed by atoms with Gasteiger partial charge in [0.05, 0.1) is 17.7 Å². The van der Waals surface area contributed by atoms with Gasteiger partial charge in [-0.2, -0.15) is 0 Å². The Morgan fingerprint density at radius 3 is 2.21 bits per heavy atom. The Kier molecular flexibility index (Phi) is 7.97. The van der Waals surface area contributed by atoms with Crippen LogP contribution in [0.2, 0.25) is 0 Å². The predicted octanol–water partition coefficient (Wildman–Crippen LogP) is 6.90. The summed E-state index contributed by atoms with van der Waals surface area (Å²) in [4.78, 5) is 46.6. The second-order valence-corrected chi connectivity index (χ2v) is 11.5. The number of fused-ring (bicyclic) bond motifs is 1. The summed E-state index contributed by atoms with van der Waals surface area (Å²) in [6, 6.07) is 15.8. The largest absolute Gasteiger partial charge is 0.462 e. The molecule has 0 aliphatic heterocycles. The van der Waals surface area contributed by atoms with Crippen molar-refractivity contribution < 1.29 is 14.3 Å². The summed E-state index contributed by atoms with van der Waals surface area (Å²) in [5.41, 5.74) is 5.71. The number of aryl methyl sites for hydroxylation is 2. The number of carbonyl (C=O) groups is 2. The van der Waals surface area contributed by atoms with Gasteiger partial charge < -0.3 is 15.0 Å². The van der Waals surface area contributed by atoms with Gasteiger partial charge in [0.1, 0.15) is 15.4 Å². The number of anilines is 1. The lowest BCUT2D eigenvalue weighted by Gasteiger charge is -2.09. The van der Waals surface area contributed by atoms with Crippen LogP contribution in [0.5, 0.6) is 0 Å². The number of nitrogens with one attached hydrogen (secondary N) is 2. The van der Waals surface area contributed by atoms with Crippen molar-refractivity contribution in [3.63, 3.8) is 0 Å². The molecule has 2 aromatic carbocycles. The van der Waals surface area contributed by atoms with Crippen molar-refractivity contribution in [2.75, 3.05) is 17.7 Å². The van der Waals surface area contributed by atoms with E-state index in [1.54, 1.807) is 6.92 Å². The Morgan fingerprint density at radius 2 is 1.56 bits per heavy atom. The molecule has 0 saturated heterocycles. The molecule has 0 aliphatic rings. The van der Waals surface area contributed by atoms with Gasteiger partial charge in [-0.1, -0.05) is 71.4 Å². The van der Waals surface area contributed by atoms with E-state index in [1.807, 2.05) is 73.1 Å². The van der Waals surface area contributed by atoms with Crippen LogP contribution < -0.4 is 10.9 Å². The van der Waals surface area contributed by atoms with Crippen LogP contribution in [0.3, 0.4) is 0 Å². The van der Waals surface area contributed by atoms with Gasteiger partial charge in [-0.05, 0) is 31.9 Å². The first kappa shape index (κ1) is 26.9. The third-order valence-corrected chi connectivity index (χ3v) is 8.65. The minimum Gasteiger partial charge on any atom is -0.462 e. The number of thiophene rings is 2. The minimum atomic E-state index is -0.490. The normalized spacial score (nSPS) is 11.1. The monoisotopic (exact) mass is 575 g/mol. The summed E-state index contributed by atoms with van der Waals surface area (Å²) in [5.74, 6) is -0.807. The Bertz CT molecular complexity index is 1720. The minimum absolute atomic E-state index is 0.00463. The van der Waals surface area contributed by atoms with Crippen LogP contribution >= 0.6 is 34.4 Å². The summed E-state index contributed by atoms with van der Waals surface area (Å²) in [6.07, 6.45) is 0. The van der Waals surface area contributed by atoms with Crippen molar-refractivity contribution in [1.82, 2.24) is 9.97 Å². The van der Waals surface area contributed by atoms with Crippen LogP contribution in [0.1, 0.15) is 28.4 Å². The number of ether oxygens (including phenoxy) is 1. The molecule has 0 aliphatic carbocycles. The number of esters is 1. The highest BCUT2D eigenvalue weighted by molar-refractivity contribution is 7.99. The van der Waals surface area contributed by atoms with E-state index in [2.05, 4.69) is 15.3 Å². The molecule has 10 heteroatoms. The number of aromatic nitrogens is 2. The number of rotatable bonds is 8. The molecule has 7 nitrogen and oxygen atoms in total. The lowest BCUT2D eigenvalue weighted by atomic mass is 10.0. The number of nitrogens with zero attached hydrogens (tertiary/aromatic N) is 1. The average molecular weight is 576 g/mol. The molecule has 39 heavy (non-hydrogen) atoms. The summed E-state index contributed by atoms with van der Waals surface area (Å²) in [7, 11) is 0. The van der Waals surface area contributed by atoms with Crippen molar-refractivity contribution >= 4 is 61.5 Å². The molecular weight excluding hydrogens is 551 g/mol. The van der Waals surface area contributed by atoms with Crippen LogP contribution in [-0.2, 0) is 9.53 Å². The number of hydrogen-bond acceptors (Lipinski definition) is 8. The summed E-state index contributed by atoms with van der Waals surface area (Å²) in [5, 5.41) is 7.94. The topological polar surface area (TPSA) is 101 Å². The molecule has 0 saturated carbocycles. The molecule has 198 valence electrons. The Balaban J connectivity index is 1.33. The van der Waals surface area contributed by atoms with Crippen LogP contribution in [-0.4, -0.2) is 34.2 Å². The fourth-order valence-electron chi connectivity index (χ4n) is 4.04. The van der Waals surface area contributed by atoms with E-state index in [9.17, 15) is 14.4 Å². The fourth-order valence-corrected chi connectivity index (χ4v) is 6.68. The quantitative estimate of drug-likeness (QED) is 0.119. The van der Waals surface area contributed by atoms with Gasteiger partial charge in [-0.3, -0.25) is 9.59 Å². The van der Waals surface area contributed by atoms with Crippen LogP contribution in [0.15, 0.2) is 69.2 Å². The van der Waals surface area contributed by atoms with Gasteiger partial charge in [0, 0.05) is 21.9 Å². The van der Waals surface area contributed by atoms with E-state index < -0.39 is 5.97 Å². The molecule has 5 rings (SSSR count). The molecular formula is C29H25N3O4S3. The molecule has 5 aromatic rings. The van der Waals surface area contributed by atoms with Crippen molar-refractivity contribution in [2.45, 2.75) is 25.9 Å². The van der Waals surface area contributed by atoms with Crippen LogP contribution in [0.4, 0.5) is 5.00 Å². The number of amides is 1. The number of H-pyrrole nitrogens is 1. The number of hydrogen-bond donors (Lipinski definition) is 2. The SMILES string of the molecule is CCOC(=O)c1c(-c2ccc(C)cc2)csc1NC(=O)CSc1nc2scc(-c3ccc(C)cc3)c2c(=O)[nH]1. The summed E-state index contributed by atoms with van der Waals surface area (Å²) in [6.45, 7) is 5.98. The summed E-state index contributed by atoms with van der Waals surface area (Å²) >= 11 is 3.80. The molecule has 3 heterocycles. The van der Waals surface area contributed by atoms with Gasteiger partial charge in [0.15, 0.2) is 5.16 Å². The van der Waals surface area contributed by atoms with E-state index >= 15 is 0 Å². The third kappa shape index (κ3) is 5.83. The molecule has 0 radical (unpaired) electrons. The van der Waals surface area contributed by atoms with Crippen LogP contribution in [0, 0.1) is 13.8 Å². The van der Waals surface area contributed by atoms with E-state index in [0.717, 1.165) is 39.6 Å². The Labute approximate surface area is 237 Å². The molecule has 0 spiro atoms. The van der Waals surface area contributed by atoms with E-state index in [0.29, 0.717) is 31.5 Å². The van der Waals surface area contributed by atoms with Crippen molar-refractivity contribution in [1.29, 1.82) is 0 Å². The first-order valence-electron chi connectivity index (χ1n) is 12.2. The second kappa shape index (κ2) is 11.6. The maximum absolute atomic E-state index is 12.9. The van der Waals surface area contributed by atoms with E-state index in [-0.39, 0.29) is 23.8 Å². The van der Waals surface area contributed by atoms with E-state index in [4.69, 9.17) is 4.74 Å². The maximum Gasteiger partial charge on any atom is 0.341 e. The van der Waals surface area contributed by atoms with Gasteiger partial charge >= 0.3 is 5.97 Å². The van der Waals surface area contributed by atoms with Crippen molar-refractivity contribution in [2.24, 2.45) is 0 Å². The molecule has 1 amide bonds. The first-order valence-corrected chi connectivity index (χ1v) is 15.0. The molecule has 0 unspecified atom stereocenters. The number of aromatic amines is 1. The zero-order valence-corrected chi connectivity index (χ0v) is 23.9. The Hall–Kier alpha value is -3.73. The van der Waals surface area contributed by atoms with Gasteiger partial charge in [-0.15, -0.1) is 22.7 Å². The third-order valence-electron chi connectivity index (χ3n) is 6.01. The highest BCUT2D eigenvalue weighted by Gasteiger charge is 2.23. The average Bonchev–Trinajstić information content (AvgIpc) is 3.53. The maximum atomic E-state index is 12.9. The second-order valence-electron chi connectivity index (χ2n) is 8.84. The van der Waals surface area contributed by atoms with Gasteiger partial charge in [0.2, 0.25) is 5.91 Å². The highest BCUT2D eigenvalue weighted by Crippen LogP contribution is 2.37. The standard InChI is InChI=1S/C29H25N3O4S3/c1-4-36-28(35)24-21(19-11-7-17(3)8-12-19)14-38-27(24)30-22(33)15-39-29-31-25(34)23-20(13-37-26(23)32-29)18-9-5-16(2)6-10-18/h5-14H,4,15H2,1-3H3,(H,30,33)(H,31,32,34). The van der Waals surface area contributed by atoms with Gasteiger partial charge in [0.25, 0.3) is 5.56 Å². The lowest BCUT2D eigenvalue weighted by molar-refractivity contribution is -0.113. The van der Waals surface area contributed by atoms with Gasteiger partial charge in [-0.25, -0.2) is 9.78 Å². The lowest BCUT2D eigenvalue weighted by Crippen LogP contribution is -2.17. The number of thioether (sulfide) groups is 1. The molecule has 0 fully saturated rings. The van der Waals surface area contributed by atoms with E-state index in [1.165, 1.54) is 22.7 Å². The summed E-state index contributed by atoms with van der Waals surface area (Å²) < 4.78 is 5.28. The smallest absolute Gasteiger partial charge is 0.341 e. The highest BCUT2D eigenvalue weighted by atomic mass is 32.2. The Morgan fingerprint density at radius 1 is 0.949 bits per heavy atom. The first-order chi connectivity index (χ1) is 18.8.